The van der Waals surface area contributed by atoms with Crippen LogP contribution in [0, 0.1) is 5.92 Å². The summed E-state index contributed by atoms with van der Waals surface area (Å²) in [5.41, 5.74) is 4.97. The Morgan fingerprint density at radius 2 is 1.89 bits per heavy atom. The zero-order valence-corrected chi connectivity index (χ0v) is 21.2. The van der Waals surface area contributed by atoms with Gasteiger partial charge in [0.1, 0.15) is 0 Å². The Morgan fingerprint density at radius 3 is 2.61 bits per heavy atom. The van der Waals surface area contributed by atoms with Crippen molar-refractivity contribution >= 4 is 0 Å². The zero-order chi connectivity index (χ0) is 24.9. The lowest BCUT2D eigenvalue weighted by molar-refractivity contribution is 0.227. The van der Waals surface area contributed by atoms with Crippen LogP contribution in [0.1, 0.15) is 76.1 Å². The van der Waals surface area contributed by atoms with Gasteiger partial charge in [0.2, 0.25) is 0 Å². The van der Waals surface area contributed by atoms with E-state index >= 15 is 0 Å². The summed E-state index contributed by atoms with van der Waals surface area (Å²) in [5, 5.41) is 14.3. The van der Waals surface area contributed by atoms with E-state index in [1.807, 2.05) is 41.1 Å². The molecule has 3 aromatic heterocycles. The van der Waals surface area contributed by atoms with E-state index in [0.717, 1.165) is 60.2 Å². The van der Waals surface area contributed by atoms with Gasteiger partial charge < -0.3 is 0 Å². The number of aryl methyl sites for hydroxylation is 1. The molecule has 1 aromatic carbocycles. The van der Waals surface area contributed by atoms with Crippen LogP contribution in [-0.2, 0) is 13.0 Å². The molecule has 188 valence electrons. The molecule has 0 spiro atoms. The predicted octanol–water partition coefficient (Wildman–Crippen LogP) is 5.42. The largest absolute Gasteiger partial charge is 0.328 e. The first-order valence-corrected chi connectivity index (χ1v) is 13.3. The second kappa shape index (κ2) is 11.0. The quantitative estimate of drug-likeness (QED) is 0.341. The number of imidazole rings is 1. The lowest BCUT2D eigenvalue weighted by atomic mass is 9.83. The molecule has 1 aliphatic rings. The van der Waals surface area contributed by atoms with E-state index in [1.54, 1.807) is 0 Å². The first-order valence-electron chi connectivity index (χ1n) is 13.3. The van der Waals surface area contributed by atoms with E-state index in [4.69, 9.17) is 4.98 Å². The molecular weight excluding hydrogens is 450 g/mol. The smallest absolute Gasteiger partial charge is 0.296 e. The molecule has 0 aliphatic heterocycles. The molecule has 1 fully saturated rings. The molecule has 0 amide bonds. The molecule has 0 saturated heterocycles. The maximum atomic E-state index is 13.7. The van der Waals surface area contributed by atoms with Crippen molar-refractivity contribution in [3.05, 3.63) is 70.5 Å². The van der Waals surface area contributed by atoms with Crippen LogP contribution in [0.15, 0.2) is 53.6 Å². The minimum Gasteiger partial charge on any atom is -0.296 e. The van der Waals surface area contributed by atoms with Crippen LogP contribution in [0.25, 0.3) is 22.6 Å². The third kappa shape index (κ3) is 4.90. The van der Waals surface area contributed by atoms with Crippen molar-refractivity contribution in [2.75, 3.05) is 0 Å². The number of rotatable bonds is 9. The van der Waals surface area contributed by atoms with Crippen molar-refractivity contribution in [3.8, 4) is 22.6 Å². The summed E-state index contributed by atoms with van der Waals surface area (Å²) in [6.45, 7) is 4.99. The van der Waals surface area contributed by atoms with Crippen molar-refractivity contribution in [2.24, 2.45) is 5.92 Å². The summed E-state index contributed by atoms with van der Waals surface area (Å²) in [6.07, 6.45) is 13.1. The first-order chi connectivity index (χ1) is 17.7. The van der Waals surface area contributed by atoms with Gasteiger partial charge in [0, 0.05) is 35.3 Å². The van der Waals surface area contributed by atoms with Crippen molar-refractivity contribution < 1.29 is 0 Å². The van der Waals surface area contributed by atoms with Gasteiger partial charge >= 0.3 is 5.69 Å². The normalized spacial score (nSPS) is 17.9. The van der Waals surface area contributed by atoms with E-state index in [2.05, 4.69) is 51.3 Å². The summed E-state index contributed by atoms with van der Waals surface area (Å²) < 4.78 is 4.03. The molecule has 1 N–H and O–H groups in total. The molecule has 8 nitrogen and oxygen atoms in total. The topological polar surface area (TPSA) is 94.3 Å². The number of pyridine rings is 1. The van der Waals surface area contributed by atoms with Gasteiger partial charge in [0.25, 0.3) is 0 Å². The van der Waals surface area contributed by atoms with Crippen LogP contribution < -0.4 is 5.69 Å². The molecule has 8 heteroatoms. The van der Waals surface area contributed by atoms with Gasteiger partial charge in [-0.05, 0) is 53.7 Å². The summed E-state index contributed by atoms with van der Waals surface area (Å²) in [4.78, 5) is 18.4. The highest BCUT2D eigenvalue weighted by atomic mass is 16.1. The zero-order valence-electron chi connectivity index (χ0n) is 21.2. The van der Waals surface area contributed by atoms with Crippen LogP contribution in [0.2, 0.25) is 0 Å². The predicted molar refractivity (Wildman–Crippen MR) is 141 cm³/mol. The van der Waals surface area contributed by atoms with Gasteiger partial charge in [-0.3, -0.25) is 14.1 Å². The van der Waals surface area contributed by atoms with E-state index in [9.17, 15) is 4.79 Å². The number of hydrogen-bond donors (Lipinski definition) is 1. The average molecular weight is 486 g/mol. The number of tetrazole rings is 1. The van der Waals surface area contributed by atoms with Crippen molar-refractivity contribution in [2.45, 2.75) is 77.8 Å². The first kappa shape index (κ1) is 24.2. The minimum absolute atomic E-state index is 0.124. The summed E-state index contributed by atoms with van der Waals surface area (Å²) in [6, 6.07) is 12.3. The average Bonchev–Trinajstić information content (AvgIpc) is 3.57. The Labute approximate surface area is 211 Å². The van der Waals surface area contributed by atoms with E-state index in [-0.39, 0.29) is 5.69 Å². The Balaban J connectivity index is 1.44. The lowest BCUT2D eigenvalue weighted by Gasteiger charge is -2.31. The van der Waals surface area contributed by atoms with Crippen LogP contribution in [-0.4, -0.2) is 34.7 Å². The van der Waals surface area contributed by atoms with Crippen LogP contribution in [0.5, 0.6) is 0 Å². The van der Waals surface area contributed by atoms with Crippen molar-refractivity contribution in [3.63, 3.8) is 0 Å². The Kier molecular flexibility index (Phi) is 7.39. The number of unbranched alkanes of at least 4 members (excludes halogenated alkanes) is 1. The SMILES string of the molecule is CCCCc1cn(C2CCCCC2CC)c(=O)n1Cc1ccc(-c2ccccc2-c2nnn[nH]2)nc1. The molecule has 2 atom stereocenters. The Bertz CT molecular complexity index is 1320. The van der Waals surface area contributed by atoms with Gasteiger partial charge in [-0.15, -0.1) is 5.10 Å². The second-order valence-corrected chi connectivity index (χ2v) is 9.87. The number of aromatic amines is 1. The van der Waals surface area contributed by atoms with Crippen molar-refractivity contribution in [1.29, 1.82) is 0 Å². The Hall–Kier alpha value is -3.55. The fraction of sp³-hybridized carbons (Fsp3) is 0.464. The molecule has 0 radical (unpaired) electrons. The number of nitrogens with one attached hydrogen (secondary N) is 1. The highest BCUT2D eigenvalue weighted by molar-refractivity contribution is 5.78. The molecule has 0 bridgehead atoms. The lowest BCUT2D eigenvalue weighted by Crippen LogP contribution is -2.33. The number of H-pyrrole nitrogens is 1. The number of benzene rings is 1. The van der Waals surface area contributed by atoms with E-state index in [1.165, 1.54) is 19.3 Å². The molecular formula is C28H35N7O. The molecule has 36 heavy (non-hydrogen) atoms. The third-order valence-corrected chi connectivity index (χ3v) is 7.59. The molecule has 1 aliphatic carbocycles. The molecule has 3 heterocycles. The molecule has 4 aromatic rings. The third-order valence-electron chi connectivity index (χ3n) is 7.59. The minimum atomic E-state index is 0.124. The number of aromatic nitrogens is 7. The van der Waals surface area contributed by atoms with Gasteiger partial charge in [-0.1, -0.05) is 69.9 Å². The summed E-state index contributed by atoms with van der Waals surface area (Å²) in [7, 11) is 0. The van der Waals surface area contributed by atoms with Gasteiger partial charge in [0.05, 0.1) is 12.2 Å². The van der Waals surface area contributed by atoms with Gasteiger partial charge in [-0.25, -0.2) is 9.89 Å². The van der Waals surface area contributed by atoms with Crippen LogP contribution in [0.3, 0.4) is 0 Å². The maximum absolute atomic E-state index is 13.7. The van der Waals surface area contributed by atoms with Crippen molar-refractivity contribution in [1.82, 2.24) is 34.7 Å². The highest BCUT2D eigenvalue weighted by Gasteiger charge is 2.28. The second-order valence-electron chi connectivity index (χ2n) is 9.87. The van der Waals surface area contributed by atoms with Crippen LogP contribution in [0.4, 0.5) is 0 Å². The van der Waals surface area contributed by atoms with Gasteiger partial charge in [0.15, 0.2) is 5.82 Å². The van der Waals surface area contributed by atoms with Crippen LogP contribution >= 0.6 is 0 Å². The molecule has 1 saturated carbocycles. The molecule has 2 unspecified atom stereocenters. The fourth-order valence-electron chi connectivity index (χ4n) is 5.59. The number of hydrogen-bond acceptors (Lipinski definition) is 5. The number of nitrogens with zero attached hydrogens (tertiary/aromatic N) is 6. The van der Waals surface area contributed by atoms with Gasteiger partial charge in [-0.2, -0.15) is 0 Å². The van der Waals surface area contributed by atoms with E-state index in [0.29, 0.717) is 24.3 Å². The van der Waals surface area contributed by atoms with E-state index < -0.39 is 0 Å². The molecule has 5 rings (SSSR count). The summed E-state index contributed by atoms with van der Waals surface area (Å²) >= 11 is 0. The monoisotopic (exact) mass is 485 g/mol. The fourth-order valence-corrected chi connectivity index (χ4v) is 5.59. The standard InChI is InChI=1S/C28H35N7O/c1-3-5-11-22-19-35(26-14-9-6-10-21(26)4-2)28(36)34(22)18-20-15-16-25(29-17-20)23-12-7-8-13-24(23)27-30-32-33-31-27/h7-8,12-13,15-17,19,21,26H,3-6,9-11,14,18H2,1-2H3,(H,30,31,32,33). The maximum Gasteiger partial charge on any atom is 0.328 e. The highest BCUT2D eigenvalue weighted by Crippen LogP contribution is 2.35. The Morgan fingerprint density at radius 1 is 1.06 bits per heavy atom. The summed E-state index contributed by atoms with van der Waals surface area (Å²) in [5.74, 6) is 1.20.